The van der Waals surface area contributed by atoms with Crippen LogP contribution in [0.2, 0.25) is 0 Å². The summed E-state index contributed by atoms with van der Waals surface area (Å²) >= 11 is 0. The Kier molecular flexibility index (Phi) is 5.74. The zero-order valence-electron chi connectivity index (χ0n) is 13.0. The Labute approximate surface area is 134 Å². The monoisotopic (exact) mass is 315 g/mol. The van der Waals surface area contributed by atoms with Crippen LogP contribution in [0.3, 0.4) is 0 Å². The van der Waals surface area contributed by atoms with Gasteiger partial charge >= 0.3 is 0 Å². The third-order valence-electron chi connectivity index (χ3n) is 3.18. The van der Waals surface area contributed by atoms with Crippen molar-refractivity contribution >= 4 is 12.0 Å². The first-order chi connectivity index (χ1) is 11.1. The molecule has 2 aromatic rings. The molecule has 0 saturated carbocycles. The summed E-state index contributed by atoms with van der Waals surface area (Å²) in [5.41, 5.74) is 1.62. The lowest BCUT2D eigenvalue weighted by Crippen LogP contribution is -2.20. The van der Waals surface area contributed by atoms with Crippen LogP contribution in [0, 0.1) is 5.82 Å². The van der Waals surface area contributed by atoms with Crippen LogP contribution in [0.1, 0.15) is 11.1 Å². The molecule has 0 fully saturated rings. The van der Waals surface area contributed by atoms with Gasteiger partial charge in [0.25, 0.3) is 0 Å². The van der Waals surface area contributed by atoms with E-state index in [0.717, 1.165) is 11.1 Å². The number of hydrogen-bond donors (Lipinski definition) is 1. The van der Waals surface area contributed by atoms with Crippen molar-refractivity contribution in [3.8, 4) is 11.5 Å². The first kappa shape index (κ1) is 16.5. The summed E-state index contributed by atoms with van der Waals surface area (Å²) in [5.74, 6) is 0.759. The molecule has 0 bridgehead atoms. The molecule has 0 aromatic heterocycles. The van der Waals surface area contributed by atoms with Gasteiger partial charge in [0.15, 0.2) is 0 Å². The number of rotatable bonds is 6. The lowest BCUT2D eigenvalue weighted by molar-refractivity contribution is -0.116. The highest BCUT2D eigenvalue weighted by atomic mass is 19.1. The van der Waals surface area contributed by atoms with Gasteiger partial charge in [-0.25, -0.2) is 4.39 Å². The molecule has 1 N–H and O–H groups in total. The van der Waals surface area contributed by atoms with Crippen LogP contribution in [-0.4, -0.2) is 20.1 Å². The van der Waals surface area contributed by atoms with Crippen molar-refractivity contribution in [3.63, 3.8) is 0 Å². The fourth-order valence-corrected chi connectivity index (χ4v) is 1.95. The van der Waals surface area contributed by atoms with Crippen LogP contribution in [0.4, 0.5) is 4.39 Å². The van der Waals surface area contributed by atoms with E-state index in [4.69, 9.17) is 9.47 Å². The van der Waals surface area contributed by atoms with Gasteiger partial charge in [0.1, 0.15) is 17.3 Å². The lowest BCUT2D eigenvalue weighted by atomic mass is 10.2. The van der Waals surface area contributed by atoms with Crippen molar-refractivity contribution in [3.05, 3.63) is 65.5 Å². The minimum absolute atomic E-state index is 0.240. The third kappa shape index (κ3) is 5.14. The molecule has 5 heteroatoms. The predicted octanol–water partition coefficient (Wildman–Crippen LogP) is 3.17. The van der Waals surface area contributed by atoms with Gasteiger partial charge in [-0.2, -0.15) is 0 Å². The average Bonchev–Trinajstić information content (AvgIpc) is 2.59. The number of nitrogens with one attached hydrogen (secondary N) is 1. The van der Waals surface area contributed by atoms with E-state index in [1.807, 2.05) is 0 Å². The minimum Gasteiger partial charge on any atom is -0.497 e. The summed E-state index contributed by atoms with van der Waals surface area (Å²) in [6.07, 6.45) is 3.10. The van der Waals surface area contributed by atoms with Gasteiger partial charge in [-0.3, -0.25) is 4.79 Å². The van der Waals surface area contributed by atoms with Crippen molar-refractivity contribution in [2.24, 2.45) is 0 Å². The van der Waals surface area contributed by atoms with Crippen LogP contribution in [-0.2, 0) is 11.3 Å². The summed E-state index contributed by atoms with van der Waals surface area (Å²) in [6.45, 7) is 0.338. The second kappa shape index (κ2) is 7.98. The van der Waals surface area contributed by atoms with Crippen LogP contribution in [0.15, 0.2) is 48.5 Å². The minimum atomic E-state index is -0.299. The average molecular weight is 315 g/mol. The molecule has 0 aliphatic heterocycles. The third-order valence-corrected chi connectivity index (χ3v) is 3.18. The molecular formula is C18H18FNO3. The Hall–Kier alpha value is -2.82. The standard InChI is InChI=1S/C18H18FNO3/c1-22-16-9-14(10-17(11-16)23-2)5-8-18(21)20-12-13-3-6-15(19)7-4-13/h3-11H,12H2,1-2H3,(H,20,21). The first-order valence-electron chi connectivity index (χ1n) is 7.04. The van der Waals surface area contributed by atoms with Crippen molar-refractivity contribution in [2.45, 2.75) is 6.54 Å². The summed E-state index contributed by atoms with van der Waals surface area (Å²) < 4.78 is 23.1. The Balaban J connectivity index is 1.96. The maximum absolute atomic E-state index is 12.8. The van der Waals surface area contributed by atoms with Crippen LogP contribution in [0.5, 0.6) is 11.5 Å². The predicted molar refractivity (Wildman–Crippen MR) is 86.8 cm³/mol. The second-order valence-corrected chi connectivity index (χ2v) is 4.82. The molecule has 120 valence electrons. The lowest BCUT2D eigenvalue weighted by Gasteiger charge is -2.06. The van der Waals surface area contributed by atoms with Crippen LogP contribution in [0.25, 0.3) is 6.08 Å². The smallest absolute Gasteiger partial charge is 0.244 e. The van der Waals surface area contributed by atoms with Gasteiger partial charge in [-0.15, -0.1) is 0 Å². The Bertz CT molecular complexity index is 674. The maximum atomic E-state index is 12.8. The highest BCUT2D eigenvalue weighted by Crippen LogP contribution is 2.23. The highest BCUT2D eigenvalue weighted by molar-refractivity contribution is 5.91. The Morgan fingerprint density at radius 1 is 1.09 bits per heavy atom. The first-order valence-corrected chi connectivity index (χ1v) is 7.04. The fraction of sp³-hybridized carbons (Fsp3) is 0.167. The van der Waals surface area contributed by atoms with Gasteiger partial charge in [0.2, 0.25) is 5.91 Å². The van der Waals surface area contributed by atoms with Crippen molar-refractivity contribution in [1.82, 2.24) is 5.32 Å². The summed E-state index contributed by atoms with van der Waals surface area (Å²) in [5, 5.41) is 2.74. The molecule has 0 heterocycles. The van der Waals surface area contributed by atoms with E-state index >= 15 is 0 Å². The number of hydrogen-bond acceptors (Lipinski definition) is 3. The maximum Gasteiger partial charge on any atom is 0.244 e. The number of amides is 1. The largest absolute Gasteiger partial charge is 0.497 e. The molecule has 2 rings (SSSR count). The summed E-state index contributed by atoms with van der Waals surface area (Å²) in [7, 11) is 3.13. The number of ether oxygens (including phenoxy) is 2. The number of halogens is 1. The van der Waals surface area contributed by atoms with Crippen molar-refractivity contribution in [1.29, 1.82) is 0 Å². The number of benzene rings is 2. The van der Waals surface area contributed by atoms with Gasteiger partial charge in [-0.1, -0.05) is 12.1 Å². The van der Waals surface area contributed by atoms with E-state index < -0.39 is 0 Å². The summed E-state index contributed by atoms with van der Waals surface area (Å²) in [4.78, 5) is 11.8. The molecule has 0 spiro atoms. The molecule has 2 aromatic carbocycles. The molecule has 0 radical (unpaired) electrons. The SMILES string of the molecule is COc1cc(C=CC(=O)NCc2ccc(F)cc2)cc(OC)c1. The topological polar surface area (TPSA) is 47.6 Å². The van der Waals surface area contributed by atoms with Gasteiger partial charge in [0.05, 0.1) is 14.2 Å². The number of methoxy groups -OCH3 is 2. The van der Waals surface area contributed by atoms with E-state index in [2.05, 4.69) is 5.32 Å². The van der Waals surface area contributed by atoms with E-state index in [-0.39, 0.29) is 11.7 Å². The zero-order chi connectivity index (χ0) is 16.7. The van der Waals surface area contributed by atoms with Crippen molar-refractivity contribution < 1.29 is 18.7 Å². The molecule has 0 atom stereocenters. The quantitative estimate of drug-likeness (QED) is 0.833. The normalized spacial score (nSPS) is 10.6. The van der Waals surface area contributed by atoms with E-state index in [1.54, 1.807) is 50.6 Å². The Morgan fingerprint density at radius 2 is 1.70 bits per heavy atom. The molecule has 0 aliphatic carbocycles. The summed E-state index contributed by atoms with van der Waals surface area (Å²) in [6, 6.07) is 11.3. The van der Waals surface area contributed by atoms with Gasteiger partial charge in [0, 0.05) is 18.7 Å². The van der Waals surface area contributed by atoms with E-state index in [1.165, 1.54) is 18.2 Å². The van der Waals surface area contributed by atoms with E-state index in [9.17, 15) is 9.18 Å². The molecule has 4 nitrogen and oxygen atoms in total. The highest BCUT2D eigenvalue weighted by Gasteiger charge is 2.01. The molecule has 0 unspecified atom stereocenters. The van der Waals surface area contributed by atoms with Crippen molar-refractivity contribution in [2.75, 3.05) is 14.2 Å². The van der Waals surface area contributed by atoms with Gasteiger partial charge < -0.3 is 14.8 Å². The molecule has 23 heavy (non-hydrogen) atoms. The Morgan fingerprint density at radius 3 is 2.26 bits per heavy atom. The molecule has 0 aliphatic rings. The zero-order valence-corrected chi connectivity index (χ0v) is 13.0. The van der Waals surface area contributed by atoms with Crippen LogP contribution >= 0.6 is 0 Å². The molecule has 0 saturated heterocycles. The second-order valence-electron chi connectivity index (χ2n) is 4.82. The fourth-order valence-electron chi connectivity index (χ4n) is 1.95. The van der Waals surface area contributed by atoms with Gasteiger partial charge in [-0.05, 0) is 41.5 Å². The van der Waals surface area contributed by atoms with Crippen LogP contribution < -0.4 is 14.8 Å². The number of carbonyl (C=O) groups excluding carboxylic acids is 1. The molecule has 1 amide bonds. The number of carbonyl (C=O) groups is 1. The molecular weight excluding hydrogens is 297 g/mol. The van der Waals surface area contributed by atoms with E-state index in [0.29, 0.717) is 18.0 Å².